The number of carbonyl (C=O) groups is 1. The molecule has 0 aromatic heterocycles. The lowest BCUT2D eigenvalue weighted by atomic mass is 10.2. The van der Waals surface area contributed by atoms with Gasteiger partial charge < -0.3 is 10.0 Å². The predicted octanol–water partition coefficient (Wildman–Crippen LogP) is 1.47. The van der Waals surface area contributed by atoms with E-state index in [2.05, 4.69) is 5.92 Å². The van der Waals surface area contributed by atoms with E-state index in [0.29, 0.717) is 18.7 Å². The lowest BCUT2D eigenvalue weighted by Crippen LogP contribution is -2.26. The molecule has 0 unspecified atom stereocenters. The molecule has 0 aliphatic heterocycles. The van der Waals surface area contributed by atoms with Gasteiger partial charge in [-0.15, -0.1) is 6.42 Å². The molecule has 0 radical (unpaired) electrons. The lowest BCUT2D eigenvalue weighted by Gasteiger charge is -2.21. The van der Waals surface area contributed by atoms with Crippen molar-refractivity contribution in [3.8, 4) is 18.4 Å². The molecule has 1 aromatic rings. The Morgan fingerprint density at radius 2 is 2.29 bits per heavy atom. The van der Waals surface area contributed by atoms with Crippen LogP contribution in [-0.2, 0) is 4.79 Å². The van der Waals surface area contributed by atoms with Crippen LogP contribution < -0.4 is 4.90 Å². The van der Waals surface area contributed by atoms with Crippen molar-refractivity contribution in [3.63, 3.8) is 0 Å². The summed E-state index contributed by atoms with van der Waals surface area (Å²) >= 11 is 0. The van der Waals surface area contributed by atoms with Gasteiger partial charge in [0, 0.05) is 12.2 Å². The highest BCUT2D eigenvalue weighted by molar-refractivity contribution is 5.68. The van der Waals surface area contributed by atoms with Gasteiger partial charge in [0.15, 0.2) is 0 Å². The summed E-state index contributed by atoms with van der Waals surface area (Å²) in [7, 11) is 0. The molecule has 0 saturated heterocycles. The molecule has 4 heteroatoms. The summed E-state index contributed by atoms with van der Waals surface area (Å²) in [6.45, 7) is 0.649. The molecule has 1 aromatic carbocycles. The Balaban J connectivity index is 2.86. The van der Waals surface area contributed by atoms with Gasteiger partial charge in [-0.25, -0.2) is 0 Å². The fourth-order valence-electron chi connectivity index (χ4n) is 1.41. The van der Waals surface area contributed by atoms with Gasteiger partial charge >= 0.3 is 5.97 Å². The first-order chi connectivity index (χ1) is 8.17. The monoisotopic (exact) mass is 228 g/mol. The number of nitrogens with zero attached hydrogens (tertiary/aromatic N) is 2. The Kier molecular flexibility index (Phi) is 4.59. The number of carboxylic acid groups (broad SMARTS) is 1. The van der Waals surface area contributed by atoms with E-state index in [1.807, 2.05) is 6.07 Å². The lowest BCUT2D eigenvalue weighted by molar-refractivity contribution is -0.136. The zero-order valence-electron chi connectivity index (χ0n) is 9.26. The molecule has 86 valence electrons. The van der Waals surface area contributed by atoms with Crippen LogP contribution in [0.15, 0.2) is 24.3 Å². The molecule has 0 saturated carbocycles. The molecule has 0 amide bonds. The van der Waals surface area contributed by atoms with Crippen molar-refractivity contribution in [2.75, 3.05) is 18.0 Å². The Labute approximate surface area is 100 Å². The van der Waals surface area contributed by atoms with Crippen molar-refractivity contribution in [3.05, 3.63) is 29.8 Å². The summed E-state index contributed by atoms with van der Waals surface area (Å²) in [5.74, 6) is 1.61. The minimum absolute atomic E-state index is 0.0124. The predicted molar refractivity (Wildman–Crippen MR) is 64.5 cm³/mol. The summed E-state index contributed by atoms with van der Waals surface area (Å²) in [4.78, 5) is 12.3. The van der Waals surface area contributed by atoms with Crippen molar-refractivity contribution in [2.45, 2.75) is 6.42 Å². The molecule has 0 aliphatic rings. The number of hydrogen-bond acceptors (Lipinski definition) is 3. The van der Waals surface area contributed by atoms with Gasteiger partial charge in [0.2, 0.25) is 0 Å². The normalized spacial score (nSPS) is 9.06. The van der Waals surface area contributed by atoms with E-state index in [-0.39, 0.29) is 6.42 Å². The average molecular weight is 228 g/mol. The van der Waals surface area contributed by atoms with Crippen molar-refractivity contribution in [1.82, 2.24) is 0 Å². The smallest absolute Gasteiger partial charge is 0.305 e. The largest absolute Gasteiger partial charge is 0.481 e. The second-order valence-corrected chi connectivity index (χ2v) is 3.43. The maximum atomic E-state index is 10.5. The van der Waals surface area contributed by atoms with Crippen LogP contribution in [0, 0.1) is 23.7 Å². The number of benzene rings is 1. The maximum absolute atomic E-state index is 10.5. The zero-order chi connectivity index (χ0) is 12.7. The minimum atomic E-state index is -0.872. The molecule has 0 heterocycles. The molecule has 1 rings (SSSR count). The van der Waals surface area contributed by atoms with Gasteiger partial charge in [-0.1, -0.05) is 12.0 Å². The number of nitriles is 1. The Morgan fingerprint density at radius 3 is 2.88 bits per heavy atom. The van der Waals surface area contributed by atoms with E-state index in [4.69, 9.17) is 16.8 Å². The number of terminal acetylenes is 1. The van der Waals surface area contributed by atoms with Gasteiger partial charge in [-0.05, 0) is 18.2 Å². The third-order valence-corrected chi connectivity index (χ3v) is 2.22. The first-order valence-electron chi connectivity index (χ1n) is 5.07. The van der Waals surface area contributed by atoms with Gasteiger partial charge in [0.05, 0.1) is 24.6 Å². The van der Waals surface area contributed by atoms with Gasteiger partial charge in [-0.3, -0.25) is 4.79 Å². The molecule has 0 spiro atoms. The first-order valence-corrected chi connectivity index (χ1v) is 5.07. The molecule has 0 bridgehead atoms. The number of aliphatic carboxylic acids is 1. The molecule has 17 heavy (non-hydrogen) atoms. The topological polar surface area (TPSA) is 64.3 Å². The molecule has 0 fully saturated rings. The van der Waals surface area contributed by atoms with Gasteiger partial charge in [0.25, 0.3) is 0 Å². The van der Waals surface area contributed by atoms with E-state index in [9.17, 15) is 4.79 Å². The van der Waals surface area contributed by atoms with Crippen LogP contribution in [0.2, 0.25) is 0 Å². The summed E-state index contributed by atoms with van der Waals surface area (Å²) in [6, 6.07) is 8.97. The van der Waals surface area contributed by atoms with Crippen LogP contribution in [0.25, 0.3) is 0 Å². The van der Waals surface area contributed by atoms with Crippen molar-refractivity contribution in [2.24, 2.45) is 0 Å². The first kappa shape index (κ1) is 12.6. The number of carboxylic acids is 1. The quantitative estimate of drug-likeness (QED) is 0.775. The zero-order valence-corrected chi connectivity index (χ0v) is 9.26. The Hall–Kier alpha value is -2.46. The minimum Gasteiger partial charge on any atom is -0.481 e. The van der Waals surface area contributed by atoms with Crippen LogP contribution in [0.5, 0.6) is 0 Å². The summed E-state index contributed by atoms with van der Waals surface area (Å²) < 4.78 is 0. The third kappa shape index (κ3) is 3.89. The van der Waals surface area contributed by atoms with Crippen molar-refractivity contribution >= 4 is 11.7 Å². The van der Waals surface area contributed by atoms with Crippen LogP contribution in [-0.4, -0.2) is 24.2 Å². The number of hydrogen-bond donors (Lipinski definition) is 1. The van der Waals surface area contributed by atoms with Gasteiger partial charge in [-0.2, -0.15) is 5.26 Å². The van der Waals surface area contributed by atoms with Crippen LogP contribution in [0.4, 0.5) is 5.69 Å². The highest BCUT2D eigenvalue weighted by Crippen LogP contribution is 2.15. The maximum Gasteiger partial charge on any atom is 0.305 e. The molecule has 4 nitrogen and oxygen atoms in total. The van der Waals surface area contributed by atoms with Gasteiger partial charge in [0.1, 0.15) is 0 Å². The molecular weight excluding hydrogens is 216 g/mol. The highest BCUT2D eigenvalue weighted by atomic mass is 16.4. The molecule has 1 N–H and O–H groups in total. The number of anilines is 1. The third-order valence-electron chi connectivity index (χ3n) is 2.22. The molecule has 0 aliphatic carbocycles. The van der Waals surface area contributed by atoms with E-state index in [1.165, 1.54) is 0 Å². The molecular formula is C13H12N2O2. The summed E-state index contributed by atoms with van der Waals surface area (Å²) in [5, 5.41) is 17.4. The second-order valence-electron chi connectivity index (χ2n) is 3.43. The van der Waals surface area contributed by atoms with Crippen LogP contribution >= 0.6 is 0 Å². The van der Waals surface area contributed by atoms with Crippen LogP contribution in [0.3, 0.4) is 0 Å². The van der Waals surface area contributed by atoms with E-state index in [0.717, 1.165) is 5.69 Å². The van der Waals surface area contributed by atoms with E-state index in [1.54, 1.807) is 29.2 Å². The van der Waals surface area contributed by atoms with E-state index >= 15 is 0 Å². The SMILES string of the molecule is C#CCN(CCC(=O)O)c1cccc(C#N)c1. The fourth-order valence-corrected chi connectivity index (χ4v) is 1.41. The van der Waals surface area contributed by atoms with Crippen LogP contribution in [0.1, 0.15) is 12.0 Å². The number of rotatable bonds is 5. The summed E-state index contributed by atoms with van der Waals surface area (Å²) in [6.07, 6.45) is 5.25. The highest BCUT2D eigenvalue weighted by Gasteiger charge is 2.08. The second kappa shape index (κ2) is 6.19. The van der Waals surface area contributed by atoms with E-state index < -0.39 is 5.97 Å². The average Bonchev–Trinajstić information content (AvgIpc) is 2.34. The summed E-state index contributed by atoms with van der Waals surface area (Å²) in [5.41, 5.74) is 1.29. The fraction of sp³-hybridized carbons (Fsp3) is 0.231. The molecule has 0 atom stereocenters. The Morgan fingerprint density at radius 1 is 1.53 bits per heavy atom. The Bertz CT molecular complexity index is 483. The van der Waals surface area contributed by atoms with Crippen molar-refractivity contribution < 1.29 is 9.90 Å². The van der Waals surface area contributed by atoms with Crippen molar-refractivity contribution in [1.29, 1.82) is 5.26 Å². The standard InChI is InChI=1S/C13H12N2O2/c1-2-7-15(8-6-13(16)17)12-5-3-4-11(9-12)10-14/h1,3-5,9H,6-8H2,(H,16,17).